The zero-order valence-electron chi connectivity index (χ0n) is 27.5. The number of hydrogen-bond acceptors (Lipinski definition) is 7. The molecule has 0 atom stereocenters. The Morgan fingerprint density at radius 1 is 0.920 bits per heavy atom. The van der Waals surface area contributed by atoms with E-state index >= 15 is 8.78 Å². The molecule has 6 rings (SSSR count). The lowest BCUT2D eigenvalue weighted by Crippen LogP contribution is -2.49. The summed E-state index contributed by atoms with van der Waals surface area (Å²) in [5, 5.41) is 9.44. The molecule has 0 saturated carbocycles. The molecule has 0 bridgehead atoms. The number of nitrogens with zero attached hydrogens (tertiary/aromatic N) is 4. The van der Waals surface area contributed by atoms with E-state index in [0.29, 0.717) is 61.0 Å². The van der Waals surface area contributed by atoms with Crippen molar-refractivity contribution in [2.24, 2.45) is 5.92 Å². The number of halogens is 3. The SMILES string of the molecule is COCCn1c(Cc2cc(F)c(-c3cccc(OCc4ccc(CCC5CN(C(=O)OC)C5)cc4F)n3)cc2F)nc2ccc(C(=O)O)cc21. The molecule has 260 valence electrons. The predicted molar refractivity (Wildman–Crippen MR) is 177 cm³/mol. The summed E-state index contributed by atoms with van der Waals surface area (Å²) in [5.41, 5.74) is 2.42. The average Bonchev–Trinajstić information content (AvgIpc) is 3.43. The smallest absolute Gasteiger partial charge is 0.409 e. The highest BCUT2D eigenvalue weighted by atomic mass is 19.1. The maximum absolute atomic E-state index is 15.5. The molecular weight excluding hydrogens is 653 g/mol. The fourth-order valence-electron chi connectivity index (χ4n) is 6.02. The number of aromatic nitrogens is 3. The molecule has 10 nitrogen and oxygen atoms in total. The molecule has 0 aliphatic carbocycles. The number of rotatable bonds is 13. The standard InChI is InChI=1S/C37H35F3N4O6/c1-48-13-12-44-33-16-24(36(45)46)10-11-32(33)41-34(44)17-26-15-30(40)27(18-29(26)39)31-4-3-5-35(42-31)50-21-25-9-8-22(14-28(25)38)6-7-23-19-43(20-23)37(47)49-2/h3-5,8-11,14-16,18,23H,6-7,12-13,17,19-21H2,1-2H3,(H,45,46). The van der Waals surface area contributed by atoms with Gasteiger partial charge in [-0.25, -0.2) is 32.7 Å². The van der Waals surface area contributed by atoms with Crippen molar-refractivity contribution < 1.29 is 42.1 Å². The predicted octanol–water partition coefficient (Wildman–Crippen LogP) is 6.66. The quantitative estimate of drug-likeness (QED) is 0.146. The van der Waals surface area contributed by atoms with Gasteiger partial charge in [-0.3, -0.25) is 0 Å². The first-order valence-corrected chi connectivity index (χ1v) is 16.0. The third kappa shape index (κ3) is 7.57. The van der Waals surface area contributed by atoms with Crippen molar-refractivity contribution >= 4 is 23.1 Å². The topological polar surface area (TPSA) is 116 Å². The Hall–Kier alpha value is -5.43. The number of imidazole rings is 1. The monoisotopic (exact) mass is 688 g/mol. The van der Waals surface area contributed by atoms with Crippen LogP contribution < -0.4 is 4.74 Å². The Kier molecular flexibility index (Phi) is 10.3. The number of benzene rings is 3. The molecule has 1 fully saturated rings. The summed E-state index contributed by atoms with van der Waals surface area (Å²) in [6.07, 6.45) is 1.10. The van der Waals surface area contributed by atoms with Crippen LogP contribution in [0, 0.1) is 23.4 Å². The zero-order chi connectivity index (χ0) is 35.4. The molecule has 13 heteroatoms. The maximum atomic E-state index is 15.5. The van der Waals surface area contributed by atoms with Crippen LogP contribution in [0.5, 0.6) is 5.88 Å². The molecule has 50 heavy (non-hydrogen) atoms. The first-order chi connectivity index (χ1) is 24.1. The van der Waals surface area contributed by atoms with Gasteiger partial charge in [0.2, 0.25) is 5.88 Å². The minimum Gasteiger partial charge on any atom is -0.478 e. The first-order valence-electron chi connectivity index (χ1n) is 16.0. The third-order valence-electron chi connectivity index (χ3n) is 8.80. The van der Waals surface area contributed by atoms with E-state index in [1.165, 1.54) is 38.5 Å². The molecule has 3 heterocycles. The number of carboxylic acid groups (broad SMARTS) is 1. The van der Waals surface area contributed by atoms with Gasteiger partial charge in [0.25, 0.3) is 0 Å². The molecule has 0 spiro atoms. The van der Waals surface area contributed by atoms with E-state index in [0.717, 1.165) is 24.1 Å². The van der Waals surface area contributed by atoms with E-state index in [2.05, 4.69) is 9.97 Å². The van der Waals surface area contributed by atoms with E-state index in [1.54, 1.807) is 33.7 Å². The van der Waals surface area contributed by atoms with Crippen molar-refractivity contribution in [1.29, 1.82) is 0 Å². The molecular formula is C37H35F3N4O6. The largest absolute Gasteiger partial charge is 0.478 e. The normalized spacial score (nSPS) is 13.0. The number of carboxylic acids is 1. The lowest BCUT2D eigenvalue weighted by molar-refractivity contribution is 0.0648. The van der Waals surface area contributed by atoms with Crippen molar-refractivity contribution in [1.82, 2.24) is 19.4 Å². The van der Waals surface area contributed by atoms with Gasteiger partial charge in [0.15, 0.2) is 0 Å². The van der Waals surface area contributed by atoms with Crippen molar-refractivity contribution in [2.75, 3.05) is 33.9 Å². The van der Waals surface area contributed by atoms with Crippen LogP contribution in [0.2, 0.25) is 0 Å². The minimum absolute atomic E-state index is 0.0562. The van der Waals surface area contributed by atoms with E-state index in [1.807, 2.05) is 6.07 Å². The van der Waals surface area contributed by atoms with Crippen molar-refractivity contribution in [3.63, 3.8) is 0 Å². The molecule has 1 aliphatic rings. The van der Waals surface area contributed by atoms with Gasteiger partial charge in [-0.2, -0.15) is 0 Å². The van der Waals surface area contributed by atoms with Crippen LogP contribution in [0.15, 0.2) is 66.7 Å². The number of carbonyl (C=O) groups excluding carboxylic acids is 1. The first kappa shape index (κ1) is 34.4. The number of aromatic carboxylic acids is 1. The van der Waals surface area contributed by atoms with Gasteiger partial charge in [0.1, 0.15) is 29.9 Å². The van der Waals surface area contributed by atoms with Crippen LogP contribution >= 0.6 is 0 Å². The lowest BCUT2D eigenvalue weighted by atomic mass is 9.93. The van der Waals surface area contributed by atoms with Gasteiger partial charge in [0, 0.05) is 50.4 Å². The second-order valence-corrected chi connectivity index (χ2v) is 12.1. The number of amides is 1. The molecule has 0 unspecified atom stereocenters. The Morgan fingerprint density at radius 3 is 2.46 bits per heavy atom. The van der Waals surface area contributed by atoms with Crippen LogP contribution in [0.1, 0.15) is 39.3 Å². The molecule has 0 radical (unpaired) electrons. The molecule has 5 aromatic rings. The minimum atomic E-state index is -1.09. The maximum Gasteiger partial charge on any atom is 0.409 e. The molecule has 1 saturated heterocycles. The summed E-state index contributed by atoms with van der Waals surface area (Å²) in [5.74, 6) is -2.02. The van der Waals surface area contributed by atoms with Gasteiger partial charge in [-0.05, 0) is 72.4 Å². The highest BCUT2D eigenvalue weighted by Crippen LogP contribution is 2.29. The molecule has 3 aromatic carbocycles. The third-order valence-corrected chi connectivity index (χ3v) is 8.80. The number of hydrogen-bond donors (Lipinski definition) is 1. The number of pyridine rings is 1. The Bertz CT molecular complexity index is 2050. The highest BCUT2D eigenvalue weighted by molar-refractivity contribution is 5.92. The summed E-state index contributed by atoms with van der Waals surface area (Å²) in [6.45, 7) is 1.77. The number of likely N-dealkylation sites (tertiary alicyclic amines) is 1. The molecule has 1 aliphatic heterocycles. The average molecular weight is 689 g/mol. The highest BCUT2D eigenvalue weighted by Gasteiger charge is 2.30. The summed E-state index contributed by atoms with van der Waals surface area (Å²) < 4.78 is 63.4. The zero-order valence-corrected chi connectivity index (χ0v) is 27.5. The van der Waals surface area contributed by atoms with Gasteiger partial charge >= 0.3 is 12.1 Å². The van der Waals surface area contributed by atoms with Crippen LogP contribution in [0.25, 0.3) is 22.3 Å². The molecule has 1 amide bonds. The number of methoxy groups -OCH3 is 2. The number of ether oxygens (including phenoxy) is 3. The van der Waals surface area contributed by atoms with Crippen molar-refractivity contribution in [3.8, 4) is 17.1 Å². The number of fused-ring (bicyclic) bond motifs is 1. The van der Waals surface area contributed by atoms with Gasteiger partial charge < -0.3 is 28.8 Å². The van der Waals surface area contributed by atoms with Gasteiger partial charge in [0.05, 0.1) is 36.0 Å². The van der Waals surface area contributed by atoms with E-state index in [9.17, 15) is 19.1 Å². The fraction of sp³-hybridized carbons (Fsp3) is 0.297. The van der Waals surface area contributed by atoms with E-state index in [4.69, 9.17) is 14.2 Å². The van der Waals surface area contributed by atoms with E-state index < -0.39 is 23.4 Å². The Labute approximate surface area is 286 Å². The number of carbonyl (C=O) groups is 2. The Morgan fingerprint density at radius 2 is 1.72 bits per heavy atom. The van der Waals surface area contributed by atoms with Crippen LogP contribution in [0.4, 0.5) is 18.0 Å². The lowest BCUT2D eigenvalue weighted by Gasteiger charge is -2.38. The Balaban J connectivity index is 1.12. The van der Waals surface area contributed by atoms with Gasteiger partial charge in [-0.15, -0.1) is 0 Å². The summed E-state index contributed by atoms with van der Waals surface area (Å²) in [4.78, 5) is 33.6. The van der Waals surface area contributed by atoms with E-state index in [-0.39, 0.29) is 47.4 Å². The van der Waals surface area contributed by atoms with Crippen LogP contribution in [0.3, 0.4) is 0 Å². The fourth-order valence-corrected chi connectivity index (χ4v) is 6.02. The molecule has 1 N–H and O–H groups in total. The summed E-state index contributed by atoms with van der Waals surface area (Å²) >= 11 is 0. The second-order valence-electron chi connectivity index (χ2n) is 12.1. The van der Waals surface area contributed by atoms with Crippen LogP contribution in [-0.4, -0.2) is 70.5 Å². The summed E-state index contributed by atoms with van der Waals surface area (Å²) in [7, 11) is 2.88. The van der Waals surface area contributed by atoms with Crippen molar-refractivity contribution in [2.45, 2.75) is 32.4 Å². The number of aryl methyl sites for hydroxylation is 1. The van der Waals surface area contributed by atoms with Gasteiger partial charge in [-0.1, -0.05) is 18.2 Å². The summed E-state index contributed by atoms with van der Waals surface area (Å²) in [6, 6.07) is 16.3. The second kappa shape index (κ2) is 15.0. The molecule has 2 aromatic heterocycles. The van der Waals surface area contributed by atoms with Crippen LogP contribution in [-0.2, 0) is 35.5 Å². The van der Waals surface area contributed by atoms with Crippen molar-refractivity contribution in [3.05, 3.63) is 112 Å².